The van der Waals surface area contributed by atoms with Crippen molar-refractivity contribution in [2.24, 2.45) is 17.6 Å². The molecule has 0 aliphatic heterocycles. The Bertz CT molecular complexity index is 286. The van der Waals surface area contributed by atoms with E-state index in [9.17, 15) is 9.59 Å². The van der Waals surface area contributed by atoms with Gasteiger partial charge in [0.15, 0.2) is 0 Å². The number of esters is 1. The molecule has 0 spiro atoms. The number of carbonyl (C=O) groups is 2. The van der Waals surface area contributed by atoms with Crippen LogP contribution in [0, 0.1) is 11.8 Å². The molecule has 1 rings (SSSR count). The molecule has 0 saturated heterocycles. The van der Waals surface area contributed by atoms with E-state index in [1.165, 1.54) is 0 Å². The lowest BCUT2D eigenvalue weighted by molar-refractivity contribution is -0.147. The van der Waals surface area contributed by atoms with Gasteiger partial charge in [-0.3, -0.25) is 4.79 Å². The minimum absolute atomic E-state index is 0. The highest BCUT2D eigenvalue weighted by atomic mass is 35.5. The highest BCUT2D eigenvalue weighted by molar-refractivity contribution is 5.86. The lowest BCUT2D eigenvalue weighted by Gasteiger charge is -2.20. The Hall–Kier alpha value is -0.810. The number of carbonyl (C=O) groups excluding carboxylic acids is 2. The predicted octanol–water partition coefficient (Wildman–Crippen LogP) is 0.851. The molecule has 3 atom stereocenters. The summed E-state index contributed by atoms with van der Waals surface area (Å²) in [4.78, 5) is 23.3. The molecule has 18 heavy (non-hydrogen) atoms. The molecule has 1 saturated carbocycles. The van der Waals surface area contributed by atoms with E-state index in [1.807, 2.05) is 0 Å². The second kappa shape index (κ2) is 8.32. The maximum absolute atomic E-state index is 12.0. The van der Waals surface area contributed by atoms with E-state index in [2.05, 4.69) is 5.32 Å². The highest BCUT2D eigenvalue weighted by Gasteiger charge is 2.33. The van der Waals surface area contributed by atoms with E-state index in [0.29, 0.717) is 13.2 Å². The van der Waals surface area contributed by atoms with Crippen molar-refractivity contribution in [3.8, 4) is 0 Å². The van der Waals surface area contributed by atoms with Crippen molar-refractivity contribution in [1.29, 1.82) is 0 Å². The predicted molar refractivity (Wildman–Crippen MR) is 71.4 cm³/mol. The first-order valence-corrected chi connectivity index (χ1v) is 6.27. The van der Waals surface area contributed by atoms with Gasteiger partial charge in [-0.05, 0) is 39.2 Å². The van der Waals surface area contributed by atoms with Gasteiger partial charge in [-0.25, -0.2) is 4.79 Å². The molecule has 3 unspecified atom stereocenters. The molecule has 5 nitrogen and oxygen atoms in total. The van der Waals surface area contributed by atoms with Gasteiger partial charge in [-0.1, -0.05) is 6.42 Å². The smallest absolute Gasteiger partial charge is 0.328 e. The average Bonchev–Trinajstić information content (AvgIpc) is 2.77. The van der Waals surface area contributed by atoms with Crippen LogP contribution in [0.2, 0.25) is 0 Å². The fourth-order valence-corrected chi connectivity index (χ4v) is 2.31. The number of halogens is 1. The van der Waals surface area contributed by atoms with E-state index < -0.39 is 6.04 Å². The molecule has 106 valence electrons. The van der Waals surface area contributed by atoms with Crippen molar-refractivity contribution in [2.75, 3.05) is 13.2 Å². The molecule has 0 radical (unpaired) electrons. The van der Waals surface area contributed by atoms with Crippen LogP contribution >= 0.6 is 12.4 Å². The quantitative estimate of drug-likeness (QED) is 0.731. The molecule has 0 heterocycles. The van der Waals surface area contributed by atoms with Crippen LogP contribution in [0.3, 0.4) is 0 Å². The van der Waals surface area contributed by atoms with E-state index in [0.717, 1.165) is 19.3 Å². The molecule has 1 amide bonds. The van der Waals surface area contributed by atoms with Crippen molar-refractivity contribution < 1.29 is 14.3 Å². The topological polar surface area (TPSA) is 81.4 Å². The second-order valence-electron chi connectivity index (χ2n) is 4.52. The van der Waals surface area contributed by atoms with Gasteiger partial charge in [0.25, 0.3) is 0 Å². The van der Waals surface area contributed by atoms with Crippen LogP contribution in [-0.4, -0.2) is 31.1 Å². The van der Waals surface area contributed by atoms with Crippen molar-refractivity contribution in [1.82, 2.24) is 5.32 Å². The lowest BCUT2D eigenvalue weighted by atomic mass is 9.95. The minimum Gasteiger partial charge on any atom is -0.464 e. The summed E-state index contributed by atoms with van der Waals surface area (Å²) in [7, 11) is 0. The minimum atomic E-state index is -0.582. The van der Waals surface area contributed by atoms with Gasteiger partial charge in [0.2, 0.25) is 5.91 Å². The Morgan fingerprint density at radius 2 is 2.11 bits per heavy atom. The van der Waals surface area contributed by atoms with Crippen LogP contribution in [0.4, 0.5) is 0 Å². The Morgan fingerprint density at radius 1 is 1.44 bits per heavy atom. The number of amides is 1. The third-order valence-corrected chi connectivity index (χ3v) is 3.30. The molecular formula is C12H23ClN2O3. The Balaban J connectivity index is 0.00000289. The first-order chi connectivity index (χ1) is 8.10. The van der Waals surface area contributed by atoms with Gasteiger partial charge in [-0.15, -0.1) is 12.4 Å². The summed E-state index contributed by atoms with van der Waals surface area (Å²) < 4.78 is 4.84. The second-order valence-corrected chi connectivity index (χ2v) is 4.52. The average molecular weight is 279 g/mol. The van der Waals surface area contributed by atoms with Crippen LogP contribution in [0.25, 0.3) is 0 Å². The molecular weight excluding hydrogens is 256 g/mol. The molecule has 0 aromatic rings. The first-order valence-electron chi connectivity index (χ1n) is 6.27. The van der Waals surface area contributed by atoms with Crippen LogP contribution < -0.4 is 11.1 Å². The van der Waals surface area contributed by atoms with Crippen LogP contribution in [-0.2, 0) is 14.3 Å². The molecule has 1 aliphatic carbocycles. The van der Waals surface area contributed by atoms with E-state index >= 15 is 0 Å². The molecule has 3 N–H and O–H groups in total. The molecule has 0 aromatic heterocycles. The SMILES string of the molecule is CCOC(=O)C(C)NC(=O)C1CCCC1CN.Cl. The van der Waals surface area contributed by atoms with Crippen LogP contribution in [0.5, 0.6) is 0 Å². The monoisotopic (exact) mass is 278 g/mol. The normalized spacial score (nSPS) is 23.9. The fourth-order valence-electron chi connectivity index (χ4n) is 2.31. The summed E-state index contributed by atoms with van der Waals surface area (Å²) in [5.74, 6) is -0.247. The third kappa shape index (κ3) is 4.46. The fraction of sp³-hybridized carbons (Fsp3) is 0.833. The molecule has 1 aliphatic rings. The van der Waals surface area contributed by atoms with Crippen molar-refractivity contribution in [2.45, 2.75) is 39.2 Å². The summed E-state index contributed by atoms with van der Waals surface area (Å²) in [6.45, 7) is 4.25. The number of hydrogen-bond acceptors (Lipinski definition) is 4. The van der Waals surface area contributed by atoms with Crippen molar-refractivity contribution >= 4 is 24.3 Å². The van der Waals surface area contributed by atoms with E-state index in [1.54, 1.807) is 13.8 Å². The van der Waals surface area contributed by atoms with Crippen LogP contribution in [0.15, 0.2) is 0 Å². The van der Waals surface area contributed by atoms with Crippen molar-refractivity contribution in [3.63, 3.8) is 0 Å². The molecule has 6 heteroatoms. The lowest BCUT2D eigenvalue weighted by Crippen LogP contribution is -2.44. The zero-order valence-corrected chi connectivity index (χ0v) is 11.8. The summed E-state index contributed by atoms with van der Waals surface area (Å²) in [5, 5.41) is 2.70. The highest BCUT2D eigenvalue weighted by Crippen LogP contribution is 2.30. The van der Waals surface area contributed by atoms with Gasteiger partial charge >= 0.3 is 5.97 Å². The summed E-state index contributed by atoms with van der Waals surface area (Å²) in [6.07, 6.45) is 2.90. The maximum Gasteiger partial charge on any atom is 0.328 e. The zero-order chi connectivity index (χ0) is 12.8. The number of nitrogens with two attached hydrogens (primary N) is 1. The third-order valence-electron chi connectivity index (χ3n) is 3.30. The first kappa shape index (κ1) is 17.2. The standard InChI is InChI=1S/C12H22N2O3.ClH/c1-3-17-12(16)8(2)14-11(15)10-6-4-5-9(10)7-13;/h8-10H,3-7,13H2,1-2H3,(H,14,15);1H. The number of ether oxygens (including phenoxy) is 1. The van der Waals surface area contributed by atoms with Gasteiger partial charge < -0.3 is 15.8 Å². The van der Waals surface area contributed by atoms with Gasteiger partial charge in [0.05, 0.1) is 6.61 Å². The Morgan fingerprint density at radius 3 is 2.67 bits per heavy atom. The Labute approximate surface area is 114 Å². The molecule has 0 bridgehead atoms. The van der Waals surface area contributed by atoms with E-state index in [4.69, 9.17) is 10.5 Å². The van der Waals surface area contributed by atoms with Gasteiger partial charge in [-0.2, -0.15) is 0 Å². The summed E-state index contributed by atoms with van der Waals surface area (Å²) in [6, 6.07) is -0.582. The van der Waals surface area contributed by atoms with Crippen LogP contribution in [0.1, 0.15) is 33.1 Å². The van der Waals surface area contributed by atoms with Crippen molar-refractivity contribution in [3.05, 3.63) is 0 Å². The maximum atomic E-state index is 12.0. The number of rotatable bonds is 5. The van der Waals surface area contributed by atoms with E-state index in [-0.39, 0.29) is 36.1 Å². The molecule has 1 fully saturated rings. The summed E-state index contributed by atoms with van der Waals surface area (Å²) >= 11 is 0. The largest absolute Gasteiger partial charge is 0.464 e. The summed E-state index contributed by atoms with van der Waals surface area (Å²) in [5.41, 5.74) is 5.63. The number of hydrogen-bond donors (Lipinski definition) is 2. The Kier molecular flexibility index (Phi) is 7.95. The molecule has 0 aromatic carbocycles. The number of nitrogens with one attached hydrogen (secondary N) is 1. The van der Waals surface area contributed by atoms with Gasteiger partial charge in [0.1, 0.15) is 6.04 Å². The van der Waals surface area contributed by atoms with Gasteiger partial charge in [0, 0.05) is 5.92 Å². The zero-order valence-electron chi connectivity index (χ0n) is 11.0.